The first-order chi connectivity index (χ1) is 7.34. The van der Waals surface area contributed by atoms with E-state index >= 15 is 0 Å². The molecule has 3 nitrogen and oxygen atoms in total. The molecule has 0 saturated heterocycles. The molecule has 0 atom stereocenters. The Hall–Kier alpha value is -1.51. The minimum atomic E-state index is -0.644. The largest absolute Gasteiger partial charge is 0.492 e. The van der Waals surface area contributed by atoms with Gasteiger partial charge in [0.1, 0.15) is 12.4 Å². The summed E-state index contributed by atoms with van der Waals surface area (Å²) < 4.78 is 5.69. The molecule has 0 aromatic heterocycles. The number of carbonyl (C=O) groups excluding carboxylic acids is 1. The van der Waals surface area contributed by atoms with E-state index in [1.165, 1.54) is 0 Å². The molecule has 1 rings (SSSR count). The third-order valence-electron chi connectivity index (χ3n) is 2.65. The van der Waals surface area contributed by atoms with Gasteiger partial charge in [0.05, 0.1) is 5.41 Å². The van der Waals surface area contributed by atoms with Crippen LogP contribution >= 0.6 is 0 Å². The zero-order valence-corrected chi connectivity index (χ0v) is 10.3. The molecule has 2 N–H and O–H groups in total. The lowest BCUT2D eigenvalue weighted by atomic mass is 9.94. The van der Waals surface area contributed by atoms with E-state index in [1.807, 2.05) is 32.0 Å². The molecule has 1 aromatic rings. The van der Waals surface area contributed by atoms with Crippen molar-refractivity contribution in [1.82, 2.24) is 0 Å². The standard InChI is InChI=1S/C13H19NO2/c1-9-6-5-7-10(2)11(9)16-8-13(3,4)12(14)15/h5-7H,8H2,1-4H3,(H2,14,15). The van der Waals surface area contributed by atoms with E-state index in [-0.39, 0.29) is 5.91 Å². The molecule has 0 unspecified atom stereocenters. The number of benzene rings is 1. The number of rotatable bonds is 4. The van der Waals surface area contributed by atoms with Gasteiger partial charge in [0.15, 0.2) is 0 Å². The van der Waals surface area contributed by atoms with Gasteiger partial charge in [-0.1, -0.05) is 18.2 Å². The van der Waals surface area contributed by atoms with Crippen LogP contribution in [0.3, 0.4) is 0 Å². The minimum absolute atomic E-state index is 0.300. The van der Waals surface area contributed by atoms with Gasteiger partial charge in [-0.15, -0.1) is 0 Å². The van der Waals surface area contributed by atoms with Crippen LogP contribution < -0.4 is 10.5 Å². The molecule has 0 aliphatic heterocycles. The molecule has 0 radical (unpaired) electrons. The van der Waals surface area contributed by atoms with Crippen LogP contribution in [0.1, 0.15) is 25.0 Å². The zero-order chi connectivity index (χ0) is 12.3. The van der Waals surface area contributed by atoms with Gasteiger partial charge in [0, 0.05) is 0 Å². The SMILES string of the molecule is Cc1cccc(C)c1OCC(C)(C)C(N)=O. The maximum Gasteiger partial charge on any atom is 0.226 e. The Morgan fingerprint density at radius 2 is 1.81 bits per heavy atom. The summed E-state index contributed by atoms with van der Waals surface area (Å²) in [7, 11) is 0. The van der Waals surface area contributed by atoms with E-state index in [0.717, 1.165) is 16.9 Å². The van der Waals surface area contributed by atoms with Crippen molar-refractivity contribution in [3.63, 3.8) is 0 Å². The average Bonchev–Trinajstić information content (AvgIpc) is 2.16. The smallest absolute Gasteiger partial charge is 0.226 e. The van der Waals surface area contributed by atoms with Crippen molar-refractivity contribution in [2.24, 2.45) is 11.1 Å². The van der Waals surface area contributed by atoms with E-state index in [0.29, 0.717) is 6.61 Å². The van der Waals surface area contributed by atoms with Gasteiger partial charge in [-0.2, -0.15) is 0 Å². The quantitative estimate of drug-likeness (QED) is 0.847. The molecular weight excluding hydrogens is 202 g/mol. The summed E-state index contributed by atoms with van der Waals surface area (Å²) in [4.78, 5) is 11.2. The van der Waals surface area contributed by atoms with Gasteiger partial charge in [0.2, 0.25) is 5.91 Å². The predicted octanol–water partition coefficient (Wildman–Crippen LogP) is 2.19. The molecule has 0 aliphatic carbocycles. The summed E-state index contributed by atoms with van der Waals surface area (Å²) in [5.74, 6) is 0.496. The number of amides is 1. The first-order valence-electron chi connectivity index (χ1n) is 5.33. The molecule has 0 spiro atoms. The summed E-state index contributed by atoms with van der Waals surface area (Å²) in [5, 5.41) is 0. The van der Waals surface area contributed by atoms with Crippen LogP contribution in [0.4, 0.5) is 0 Å². The van der Waals surface area contributed by atoms with Crippen molar-refractivity contribution >= 4 is 5.91 Å². The molecule has 1 aromatic carbocycles. The lowest BCUT2D eigenvalue weighted by Crippen LogP contribution is -2.36. The van der Waals surface area contributed by atoms with Crippen molar-refractivity contribution in [2.45, 2.75) is 27.7 Å². The highest BCUT2D eigenvalue weighted by molar-refractivity contribution is 5.80. The van der Waals surface area contributed by atoms with Crippen molar-refractivity contribution in [3.8, 4) is 5.75 Å². The number of aryl methyl sites for hydroxylation is 2. The van der Waals surface area contributed by atoms with Gasteiger partial charge < -0.3 is 10.5 Å². The normalized spacial score (nSPS) is 11.2. The highest BCUT2D eigenvalue weighted by atomic mass is 16.5. The summed E-state index contributed by atoms with van der Waals surface area (Å²) in [6, 6.07) is 5.95. The first kappa shape index (κ1) is 12.6. The number of ether oxygens (including phenoxy) is 1. The fourth-order valence-electron chi connectivity index (χ4n) is 1.35. The van der Waals surface area contributed by atoms with Gasteiger partial charge in [-0.25, -0.2) is 0 Å². The molecular formula is C13H19NO2. The molecule has 0 bridgehead atoms. The van der Waals surface area contributed by atoms with Crippen molar-refractivity contribution in [2.75, 3.05) is 6.61 Å². The topological polar surface area (TPSA) is 52.3 Å². The Labute approximate surface area is 96.6 Å². The highest BCUT2D eigenvalue weighted by Crippen LogP contribution is 2.25. The van der Waals surface area contributed by atoms with Gasteiger partial charge in [0.25, 0.3) is 0 Å². The molecule has 3 heteroatoms. The van der Waals surface area contributed by atoms with Crippen LogP contribution in [0.25, 0.3) is 0 Å². The maximum absolute atomic E-state index is 11.2. The van der Waals surface area contributed by atoms with Crippen LogP contribution in [0.5, 0.6) is 5.75 Å². The Balaban J connectivity index is 2.79. The van der Waals surface area contributed by atoms with Crippen LogP contribution in [0, 0.1) is 19.3 Å². The third-order valence-corrected chi connectivity index (χ3v) is 2.65. The summed E-state index contributed by atoms with van der Waals surface area (Å²) in [5.41, 5.74) is 6.79. The molecule has 88 valence electrons. The van der Waals surface area contributed by atoms with E-state index < -0.39 is 5.41 Å². The number of carbonyl (C=O) groups is 1. The highest BCUT2D eigenvalue weighted by Gasteiger charge is 2.26. The second-order valence-corrected chi connectivity index (χ2v) is 4.76. The summed E-state index contributed by atoms with van der Waals surface area (Å²) in [6.07, 6.45) is 0. The molecule has 1 amide bonds. The molecule has 16 heavy (non-hydrogen) atoms. The summed E-state index contributed by atoms with van der Waals surface area (Å²) >= 11 is 0. The lowest BCUT2D eigenvalue weighted by molar-refractivity contribution is -0.127. The van der Waals surface area contributed by atoms with Gasteiger partial charge in [-0.05, 0) is 38.8 Å². The number of nitrogens with two attached hydrogens (primary N) is 1. The minimum Gasteiger partial charge on any atom is -0.492 e. The second-order valence-electron chi connectivity index (χ2n) is 4.76. The summed E-state index contributed by atoms with van der Waals surface area (Å²) in [6.45, 7) is 7.83. The van der Waals surface area contributed by atoms with Crippen LogP contribution in [0.15, 0.2) is 18.2 Å². The van der Waals surface area contributed by atoms with E-state index in [4.69, 9.17) is 10.5 Å². The Kier molecular flexibility index (Phi) is 3.58. The Bertz CT molecular complexity index is 377. The molecule has 0 saturated carbocycles. The van der Waals surface area contributed by atoms with E-state index in [1.54, 1.807) is 13.8 Å². The number of para-hydroxylation sites is 1. The fourth-order valence-corrected chi connectivity index (χ4v) is 1.35. The Morgan fingerprint density at radius 3 is 2.25 bits per heavy atom. The number of primary amides is 1. The van der Waals surface area contributed by atoms with Crippen molar-refractivity contribution in [1.29, 1.82) is 0 Å². The monoisotopic (exact) mass is 221 g/mol. The van der Waals surface area contributed by atoms with Crippen molar-refractivity contribution in [3.05, 3.63) is 29.3 Å². The van der Waals surface area contributed by atoms with Crippen molar-refractivity contribution < 1.29 is 9.53 Å². The van der Waals surface area contributed by atoms with E-state index in [2.05, 4.69) is 0 Å². The fraction of sp³-hybridized carbons (Fsp3) is 0.462. The average molecular weight is 221 g/mol. The maximum atomic E-state index is 11.2. The van der Waals surface area contributed by atoms with Crippen LogP contribution in [0.2, 0.25) is 0 Å². The second kappa shape index (κ2) is 4.56. The number of hydrogen-bond donors (Lipinski definition) is 1. The first-order valence-corrected chi connectivity index (χ1v) is 5.33. The third kappa shape index (κ3) is 2.75. The van der Waals surface area contributed by atoms with Gasteiger partial charge in [-0.3, -0.25) is 4.79 Å². The van der Waals surface area contributed by atoms with Crippen LogP contribution in [-0.2, 0) is 4.79 Å². The number of hydrogen-bond acceptors (Lipinski definition) is 2. The Morgan fingerprint density at radius 1 is 1.31 bits per heavy atom. The molecule has 0 fully saturated rings. The van der Waals surface area contributed by atoms with E-state index in [9.17, 15) is 4.79 Å². The van der Waals surface area contributed by atoms with Gasteiger partial charge >= 0.3 is 0 Å². The molecule has 0 heterocycles. The van der Waals surface area contributed by atoms with Crippen LogP contribution in [-0.4, -0.2) is 12.5 Å². The predicted molar refractivity (Wildman–Crippen MR) is 64.4 cm³/mol. The molecule has 0 aliphatic rings. The lowest BCUT2D eigenvalue weighted by Gasteiger charge is -2.22. The zero-order valence-electron chi connectivity index (χ0n) is 10.3.